The van der Waals surface area contributed by atoms with Crippen molar-refractivity contribution in [2.45, 2.75) is 25.9 Å². The molecule has 0 aromatic heterocycles. The third-order valence-electron chi connectivity index (χ3n) is 1.77. The molecule has 0 fully saturated rings. The van der Waals surface area contributed by atoms with Gasteiger partial charge in [0.1, 0.15) is 0 Å². The Morgan fingerprint density at radius 1 is 1.58 bits per heavy atom. The maximum Gasteiger partial charge on any atom is 0.338 e. The van der Waals surface area contributed by atoms with Gasteiger partial charge in [0.05, 0.1) is 6.61 Å². The quantitative estimate of drug-likeness (QED) is 0.640. The summed E-state index contributed by atoms with van der Waals surface area (Å²) in [6.45, 7) is 3.27. The second kappa shape index (κ2) is 4.42. The minimum absolute atomic E-state index is 0.174. The Morgan fingerprint density at radius 2 is 2.08 bits per heavy atom. The van der Waals surface area contributed by atoms with E-state index >= 15 is 0 Å². The molecule has 0 amide bonds. The van der Waals surface area contributed by atoms with Crippen LogP contribution in [0.1, 0.15) is 20.3 Å². The average molecular weight is 176 g/mol. The van der Waals surface area contributed by atoms with Gasteiger partial charge in [0.2, 0.25) is 0 Å². The van der Waals surface area contributed by atoms with Crippen molar-refractivity contribution in [3.8, 4) is 0 Å². The van der Waals surface area contributed by atoms with Crippen LogP contribution in [0.2, 0.25) is 0 Å². The van der Waals surface area contributed by atoms with Crippen molar-refractivity contribution in [2.24, 2.45) is 5.92 Å². The first-order valence-electron chi connectivity index (χ1n) is 3.88. The van der Waals surface area contributed by atoms with E-state index in [9.17, 15) is 4.79 Å². The van der Waals surface area contributed by atoms with Crippen molar-refractivity contribution in [2.75, 3.05) is 13.7 Å². The second-order valence-corrected chi connectivity index (χ2v) is 3.26. The molecular weight excluding hydrogens is 160 g/mol. The Hall–Kier alpha value is -0.610. The number of ether oxygens (including phenoxy) is 1. The van der Waals surface area contributed by atoms with Crippen LogP contribution in [0.15, 0.2) is 0 Å². The Morgan fingerprint density at radius 3 is 2.17 bits per heavy atom. The molecular formula is C8H16O4. The van der Waals surface area contributed by atoms with Gasteiger partial charge in [-0.25, -0.2) is 4.79 Å². The molecule has 0 aromatic rings. The predicted molar refractivity (Wildman–Crippen MR) is 43.9 cm³/mol. The largest absolute Gasteiger partial charge is 0.479 e. The van der Waals surface area contributed by atoms with E-state index < -0.39 is 18.2 Å². The van der Waals surface area contributed by atoms with Gasteiger partial charge in [-0.1, -0.05) is 13.8 Å². The summed E-state index contributed by atoms with van der Waals surface area (Å²) in [5.41, 5.74) is -1.42. The Kier molecular flexibility index (Phi) is 4.20. The molecule has 0 aromatic carbocycles. The van der Waals surface area contributed by atoms with E-state index in [2.05, 4.69) is 0 Å². The fourth-order valence-corrected chi connectivity index (χ4v) is 1.11. The topological polar surface area (TPSA) is 66.8 Å². The fourth-order valence-electron chi connectivity index (χ4n) is 1.11. The Balaban J connectivity index is 4.46. The van der Waals surface area contributed by atoms with Crippen molar-refractivity contribution in [1.29, 1.82) is 0 Å². The molecule has 0 saturated carbocycles. The molecule has 0 aliphatic carbocycles. The molecule has 4 nitrogen and oxygen atoms in total. The molecule has 0 saturated heterocycles. The maximum atomic E-state index is 10.7. The van der Waals surface area contributed by atoms with Gasteiger partial charge in [0.15, 0.2) is 5.60 Å². The van der Waals surface area contributed by atoms with Crippen LogP contribution >= 0.6 is 0 Å². The van der Waals surface area contributed by atoms with Gasteiger partial charge in [-0.05, 0) is 12.3 Å². The molecule has 0 bridgehead atoms. The highest BCUT2D eigenvalue weighted by molar-refractivity contribution is 5.77. The number of hydrogen-bond donors (Lipinski definition) is 2. The summed E-state index contributed by atoms with van der Waals surface area (Å²) in [6.07, 6.45) is 0.315. The molecule has 0 radical (unpaired) electrons. The average Bonchev–Trinajstić information content (AvgIpc) is 1.99. The smallest absolute Gasteiger partial charge is 0.338 e. The number of rotatable bonds is 5. The molecule has 0 heterocycles. The lowest BCUT2D eigenvalue weighted by atomic mass is 9.93. The van der Waals surface area contributed by atoms with E-state index in [0.717, 1.165) is 0 Å². The van der Waals surface area contributed by atoms with Gasteiger partial charge < -0.3 is 14.9 Å². The SMILES string of the molecule is COC(CO)(CC(C)C)C(=O)O. The number of aliphatic hydroxyl groups excluding tert-OH is 1. The van der Waals surface area contributed by atoms with E-state index in [-0.39, 0.29) is 5.92 Å². The number of methoxy groups -OCH3 is 1. The zero-order chi connectivity index (χ0) is 9.78. The van der Waals surface area contributed by atoms with Crippen LogP contribution in [0, 0.1) is 5.92 Å². The van der Waals surface area contributed by atoms with Crippen molar-refractivity contribution in [3.05, 3.63) is 0 Å². The molecule has 2 N–H and O–H groups in total. The first kappa shape index (κ1) is 11.4. The van der Waals surface area contributed by atoms with Gasteiger partial charge in [0, 0.05) is 7.11 Å². The normalized spacial score (nSPS) is 16.1. The highest BCUT2D eigenvalue weighted by Crippen LogP contribution is 2.20. The van der Waals surface area contributed by atoms with Crippen LogP contribution in [-0.2, 0) is 9.53 Å². The molecule has 12 heavy (non-hydrogen) atoms. The standard InChI is InChI=1S/C8H16O4/c1-6(2)4-8(5-9,12-3)7(10)11/h6,9H,4-5H2,1-3H3,(H,10,11). The number of carbonyl (C=O) groups is 1. The minimum atomic E-state index is -1.42. The van der Waals surface area contributed by atoms with Crippen molar-refractivity contribution >= 4 is 5.97 Å². The van der Waals surface area contributed by atoms with Crippen LogP contribution in [0.4, 0.5) is 0 Å². The third-order valence-corrected chi connectivity index (χ3v) is 1.77. The third kappa shape index (κ3) is 2.46. The summed E-state index contributed by atoms with van der Waals surface area (Å²) in [5, 5.41) is 17.7. The monoisotopic (exact) mass is 176 g/mol. The van der Waals surface area contributed by atoms with E-state index in [0.29, 0.717) is 6.42 Å². The zero-order valence-electron chi connectivity index (χ0n) is 7.70. The zero-order valence-corrected chi connectivity index (χ0v) is 7.70. The summed E-state index contributed by atoms with van der Waals surface area (Å²) in [4.78, 5) is 10.7. The van der Waals surface area contributed by atoms with Crippen molar-refractivity contribution < 1.29 is 19.7 Å². The van der Waals surface area contributed by atoms with E-state index in [1.165, 1.54) is 7.11 Å². The lowest BCUT2D eigenvalue weighted by Crippen LogP contribution is -2.45. The van der Waals surface area contributed by atoms with Gasteiger partial charge in [-0.15, -0.1) is 0 Å². The summed E-state index contributed by atoms with van der Waals surface area (Å²) in [6, 6.07) is 0. The maximum absolute atomic E-state index is 10.7. The highest BCUT2D eigenvalue weighted by atomic mass is 16.5. The molecule has 4 heteroatoms. The van der Waals surface area contributed by atoms with E-state index in [4.69, 9.17) is 14.9 Å². The van der Waals surface area contributed by atoms with Crippen LogP contribution in [0.3, 0.4) is 0 Å². The van der Waals surface area contributed by atoms with Crippen LogP contribution in [0.25, 0.3) is 0 Å². The predicted octanol–water partition coefficient (Wildman–Crippen LogP) is 0.495. The van der Waals surface area contributed by atoms with E-state index in [1.54, 1.807) is 0 Å². The number of carboxylic acids is 1. The van der Waals surface area contributed by atoms with E-state index in [1.807, 2.05) is 13.8 Å². The summed E-state index contributed by atoms with van der Waals surface area (Å²) in [5.74, 6) is -0.936. The summed E-state index contributed by atoms with van der Waals surface area (Å²) >= 11 is 0. The number of aliphatic carboxylic acids is 1. The molecule has 0 rings (SSSR count). The van der Waals surface area contributed by atoms with Gasteiger partial charge in [0.25, 0.3) is 0 Å². The molecule has 1 unspecified atom stereocenters. The Bertz CT molecular complexity index is 149. The molecule has 0 aliphatic heterocycles. The van der Waals surface area contributed by atoms with Gasteiger partial charge in [-0.2, -0.15) is 0 Å². The minimum Gasteiger partial charge on any atom is -0.479 e. The number of carboxylic acid groups (broad SMARTS) is 1. The lowest BCUT2D eigenvalue weighted by Gasteiger charge is -2.27. The van der Waals surface area contributed by atoms with Crippen molar-refractivity contribution in [1.82, 2.24) is 0 Å². The number of hydrogen-bond acceptors (Lipinski definition) is 3. The van der Waals surface area contributed by atoms with Crippen LogP contribution in [-0.4, -0.2) is 35.5 Å². The molecule has 0 spiro atoms. The van der Waals surface area contributed by atoms with Crippen LogP contribution in [0.5, 0.6) is 0 Å². The molecule has 72 valence electrons. The first-order chi connectivity index (χ1) is 5.48. The first-order valence-corrected chi connectivity index (χ1v) is 3.88. The van der Waals surface area contributed by atoms with Crippen LogP contribution < -0.4 is 0 Å². The highest BCUT2D eigenvalue weighted by Gasteiger charge is 2.38. The fraction of sp³-hybridized carbons (Fsp3) is 0.875. The number of aliphatic hydroxyl groups is 1. The lowest BCUT2D eigenvalue weighted by molar-refractivity contribution is -0.169. The van der Waals surface area contributed by atoms with Crippen molar-refractivity contribution in [3.63, 3.8) is 0 Å². The second-order valence-electron chi connectivity index (χ2n) is 3.26. The van der Waals surface area contributed by atoms with Gasteiger partial charge >= 0.3 is 5.97 Å². The van der Waals surface area contributed by atoms with Gasteiger partial charge in [-0.3, -0.25) is 0 Å². The molecule has 1 atom stereocenters. The summed E-state index contributed by atoms with van der Waals surface area (Å²) in [7, 11) is 1.30. The summed E-state index contributed by atoms with van der Waals surface area (Å²) < 4.78 is 4.81. The Labute approximate surface area is 72.2 Å². The molecule has 0 aliphatic rings.